The molecule has 1 aliphatic carbocycles. The van der Waals surface area contributed by atoms with Crippen LogP contribution >= 0.6 is 0 Å². The predicted octanol–water partition coefficient (Wildman–Crippen LogP) is 1.79. The minimum atomic E-state index is 0.818. The fourth-order valence-corrected chi connectivity index (χ4v) is 3.60. The number of rotatable bonds is 7. The summed E-state index contributed by atoms with van der Waals surface area (Å²) in [4.78, 5) is 5.17. The molecule has 3 unspecified atom stereocenters. The van der Waals surface area contributed by atoms with Gasteiger partial charge in [0.25, 0.3) is 0 Å². The van der Waals surface area contributed by atoms with Crippen LogP contribution in [0.4, 0.5) is 0 Å². The SMILES string of the molecule is CCCNCC1CCC1N1CCCC1CN(C)C. The highest BCUT2D eigenvalue weighted by Crippen LogP contribution is 2.36. The van der Waals surface area contributed by atoms with Crippen molar-refractivity contribution in [2.24, 2.45) is 5.92 Å². The van der Waals surface area contributed by atoms with Crippen LogP contribution in [-0.2, 0) is 0 Å². The van der Waals surface area contributed by atoms with Gasteiger partial charge in [0.05, 0.1) is 0 Å². The molecule has 1 heterocycles. The van der Waals surface area contributed by atoms with E-state index < -0.39 is 0 Å². The molecule has 0 aromatic carbocycles. The smallest absolute Gasteiger partial charge is 0.0226 e. The molecular weight excluding hydrogens is 222 g/mol. The first-order valence-electron chi connectivity index (χ1n) is 7.83. The first kappa shape index (κ1) is 14.3. The van der Waals surface area contributed by atoms with E-state index in [2.05, 4.69) is 36.1 Å². The zero-order valence-electron chi connectivity index (χ0n) is 12.5. The van der Waals surface area contributed by atoms with Gasteiger partial charge in [0.2, 0.25) is 0 Å². The van der Waals surface area contributed by atoms with E-state index in [0.29, 0.717) is 0 Å². The molecule has 1 saturated heterocycles. The Morgan fingerprint density at radius 1 is 1.22 bits per heavy atom. The average molecular weight is 253 g/mol. The first-order valence-corrected chi connectivity index (χ1v) is 7.83. The van der Waals surface area contributed by atoms with E-state index in [0.717, 1.165) is 18.0 Å². The van der Waals surface area contributed by atoms with Crippen LogP contribution in [0.1, 0.15) is 39.0 Å². The molecule has 0 aromatic heterocycles. The second-order valence-corrected chi connectivity index (χ2v) is 6.41. The van der Waals surface area contributed by atoms with Gasteiger partial charge in [-0.25, -0.2) is 0 Å². The van der Waals surface area contributed by atoms with E-state index >= 15 is 0 Å². The zero-order valence-corrected chi connectivity index (χ0v) is 12.5. The number of hydrogen-bond donors (Lipinski definition) is 1. The number of likely N-dealkylation sites (tertiary alicyclic amines) is 1. The quantitative estimate of drug-likeness (QED) is 0.698. The second-order valence-electron chi connectivity index (χ2n) is 6.41. The summed E-state index contributed by atoms with van der Waals surface area (Å²) in [5.41, 5.74) is 0. The van der Waals surface area contributed by atoms with E-state index in [1.54, 1.807) is 0 Å². The Labute approximate surface area is 113 Å². The lowest BCUT2D eigenvalue weighted by atomic mass is 9.78. The molecule has 1 aliphatic heterocycles. The summed E-state index contributed by atoms with van der Waals surface area (Å²) in [6, 6.07) is 1.70. The Morgan fingerprint density at radius 2 is 2.06 bits per heavy atom. The first-order chi connectivity index (χ1) is 8.72. The third-order valence-electron chi connectivity index (χ3n) is 4.64. The van der Waals surface area contributed by atoms with Crippen LogP contribution in [0.5, 0.6) is 0 Å². The Balaban J connectivity index is 1.79. The molecule has 18 heavy (non-hydrogen) atoms. The fraction of sp³-hybridized carbons (Fsp3) is 1.00. The molecule has 2 rings (SSSR count). The molecule has 2 aliphatic rings. The molecule has 0 spiro atoms. The van der Waals surface area contributed by atoms with Gasteiger partial charge in [0, 0.05) is 18.6 Å². The van der Waals surface area contributed by atoms with Crippen molar-refractivity contribution >= 4 is 0 Å². The molecule has 0 aromatic rings. The Morgan fingerprint density at radius 3 is 2.67 bits per heavy atom. The van der Waals surface area contributed by atoms with E-state index in [-0.39, 0.29) is 0 Å². The molecule has 1 saturated carbocycles. The third-order valence-corrected chi connectivity index (χ3v) is 4.64. The molecule has 0 radical (unpaired) electrons. The van der Waals surface area contributed by atoms with Crippen LogP contribution in [-0.4, -0.2) is 62.2 Å². The van der Waals surface area contributed by atoms with Crippen LogP contribution in [0, 0.1) is 5.92 Å². The Bertz CT molecular complexity index is 242. The van der Waals surface area contributed by atoms with E-state index in [9.17, 15) is 0 Å². The van der Waals surface area contributed by atoms with E-state index in [1.165, 1.54) is 58.3 Å². The maximum atomic E-state index is 3.61. The molecule has 3 atom stereocenters. The van der Waals surface area contributed by atoms with Crippen molar-refractivity contribution in [3.8, 4) is 0 Å². The molecule has 1 N–H and O–H groups in total. The van der Waals surface area contributed by atoms with Crippen LogP contribution < -0.4 is 5.32 Å². The fourth-order valence-electron chi connectivity index (χ4n) is 3.60. The monoisotopic (exact) mass is 253 g/mol. The summed E-state index contributed by atoms with van der Waals surface area (Å²) in [5, 5.41) is 3.61. The van der Waals surface area contributed by atoms with Crippen molar-refractivity contribution in [3.63, 3.8) is 0 Å². The second kappa shape index (κ2) is 6.88. The highest BCUT2D eigenvalue weighted by Gasteiger charge is 2.40. The number of nitrogens with one attached hydrogen (secondary N) is 1. The summed E-state index contributed by atoms with van der Waals surface area (Å²) in [6.07, 6.45) is 6.94. The highest BCUT2D eigenvalue weighted by molar-refractivity contribution is 4.95. The molecule has 0 bridgehead atoms. The normalized spacial score (nSPS) is 33.0. The summed E-state index contributed by atoms with van der Waals surface area (Å²) < 4.78 is 0. The molecule has 3 nitrogen and oxygen atoms in total. The lowest BCUT2D eigenvalue weighted by Crippen LogP contribution is -2.53. The van der Waals surface area contributed by atoms with Crippen molar-refractivity contribution in [2.75, 3.05) is 40.3 Å². The van der Waals surface area contributed by atoms with Crippen LogP contribution in [0.15, 0.2) is 0 Å². The van der Waals surface area contributed by atoms with Gasteiger partial charge in [0.1, 0.15) is 0 Å². The summed E-state index contributed by atoms with van der Waals surface area (Å²) in [5.74, 6) is 0.916. The van der Waals surface area contributed by atoms with Gasteiger partial charge < -0.3 is 10.2 Å². The van der Waals surface area contributed by atoms with Crippen molar-refractivity contribution in [2.45, 2.75) is 51.1 Å². The van der Waals surface area contributed by atoms with Crippen molar-refractivity contribution in [3.05, 3.63) is 0 Å². The van der Waals surface area contributed by atoms with Gasteiger partial charge in [-0.05, 0) is 71.8 Å². The highest BCUT2D eigenvalue weighted by atomic mass is 15.3. The van der Waals surface area contributed by atoms with Gasteiger partial charge in [-0.3, -0.25) is 4.90 Å². The lowest BCUT2D eigenvalue weighted by molar-refractivity contribution is 0.0438. The molecule has 0 amide bonds. The maximum absolute atomic E-state index is 3.61. The number of nitrogens with zero attached hydrogens (tertiary/aromatic N) is 2. The average Bonchev–Trinajstić information content (AvgIpc) is 2.70. The number of likely N-dealkylation sites (N-methyl/N-ethyl adjacent to an activating group) is 1. The largest absolute Gasteiger partial charge is 0.316 e. The Hall–Kier alpha value is -0.120. The Kier molecular flexibility index (Phi) is 5.46. The van der Waals surface area contributed by atoms with E-state index in [4.69, 9.17) is 0 Å². The van der Waals surface area contributed by atoms with Crippen LogP contribution in [0.2, 0.25) is 0 Å². The maximum Gasteiger partial charge on any atom is 0.0226 e. The van der Waals surface area contributed by atoms with Crippen LogP contribution in [0.3, 0.4) is 0 Å². The molecular formula is C15H31N3. The molecule has 106 valence electrons. The lowest BCUT2D eigenvalue weighted by Gasteiger charge is -2.46. The van der Waals surface area contributed by atoms with E-state index in [1.807, 2.05) is 0 Å². The topological polar surface area (TPSA) is 18.5 Å². The molecule has 3 heteroatoms. The number of hydrogen-bond acceptors (Lipinski definition) is 3. The zero-order chi connectivity index (χ0) is 13.0. The third kappa shape index (κ3) is 3.46. The van der Waals surface area contributed by atoms with Crippen molar-refractivity contribution in [1.82, 2.24) is 15.1 Å². The van der Waals surface area contributed by atoms with Crippen molar-refractivity contribution < 1.29 is 0 Å². The van der Waals surface area contributed by atoms with Crippen LogP contribution in [0.25, 0.3) is 0 Å². The van der Waals surface area contributed by atoms with Gasteiger partial charge in [-0.1, -0.05) is 6.92 Å². The predicted molar refractivity (Wildman–Crippen MR) is 78.0 cm³/mol. The van der Waals surface area contributed by atoms with Gasteiger partial charge >= 0.3 is 0 Å². The van der Waals surface area contributed by atoms with Gasteiger partial charge in [-0.15, -0.1) is 0 Å². The molecule has 2 fully saturated rings. The standard InChI is InChI=1S/C15H31N3/c1-4-9-16-11-13-7-8-15(13)18-10-5-6-14(18)12-17(2)3/h13-16H,4-12H2,1-3H3. The summed E-state index contributed by atoms with van der Waals surface area (Å²) in [7, 11) is 4.41. The van der Waals surface area contributed by atoms with Crippen molar-refractivity contribution in [1.29, 1.82) is 0 Å². The van der Waals surface area contributed by atoms with Gasteiger partial charge in [0.15, 0.2) is 0 Å². The minimum Gasteiger partial charge on any atom is -0.316 e. The van der Waals surface area contributed by atoms with Gasteiger partial charge in [-0.2, -0.15) is 0 Å². The summed E-state index contributed by atoms with van der Waals surface area (Å²) >= 11 is 0. The minimum absolute atomic E-state index is 0.818. The summed E-state index contributed by atoms with van der Waals surface area (Å²) in [6.45, 7) is 7.26.